The van der Waals surface area contributed by atoms with Gasteiger partial charge in [-0.15, -0.1) is 0 Å². The molecule has 0 spiro atoms. The van der Waals surface area contributed by atoms with Gasteiger partial charge in [0.05, 0.1) is 90.7 Å². The topological polar surface area (TPSA) is 340 Å². The molecule has 2 saturated heterocycles. The predicted molar refractivity (Wildman–Crippen MR) is 331 cm³/mol. The van der Waals surface area contributed by atoms with Gasteiger partial charge in [-0.05, 0) is 173 Å². The summed E-state index contributed by atoms with van der Waals surface area (Å²) in [6.45, 7) is 13.9. The van der Waals surface area contributed by atoms with Crippen molar-refractivity contribution < 1.29 is 97.6 Å². The van der Waals surface area contributed by atoms with Crippen LogP contribution in [0, 0.1) is 0 Å². The summed E-state index contributed by atoms with van der Waals surface area (Å²) < 4.78 is 55.6. The number of aliphatic hydroxyl groups excluding tert-OH is 8. The number of para-hydroxylation sites is 3. The highest BCUT2D eigenvalue weighted by Gasteiger charge is 2.34. The Labute approximate surface area is 513 Å². The Morgan fingerprint density at radius 2 is 0.849 bits per heavy atom. The summed E-state index contributed by atoms with van der Waals surface area (Å²) in [5.41, 5.74) is 1.61. The molecular weight excluding hydrogens is 1130 g/mol. The minimum Gasteiger partial charge on any atom is -0.507 e. The summed E-state index contributed by atoms with van der Waals surface area (Å²) in [6.07, 6.45) is 9.41. The minimum atomic E-state index is -3.67. The highest BCUT2D eigenvalue weighted by Crippen LogP contribution is 2.39. The monoisotopic (exact) mass is 1240 g/mol. The molecule has 86 heavy (non-hydrogen) atoms. The number of rotatable bonds is 31. The normalized spacial score (nSPS) is 21.5. The Kier molecular flexibility index (Phi) is 41.5. The molecule has 21 heteroatoms. The number of benzene rings is 3. The Morgan fingerprint density at radius 3 is 1.23 bits per heavy atom. The number of phenolic OH excluding ortho intramolecular Hbond substituents is 3. The Hall–Kier alpha value is -3.88. The van der Waals surface area contributed by atoms with Crippen LogP contribution in [-0.2, 0) is 33.8 Å². The molecule has 14 atom stereocenters. The van der Waals surface area contributed by atoms with Gasteiger partial charge in [0.25, 0.3) is 10.1 Å². The lowest BCUT2D eigenvalue weighted by atomic mass is 9.96. The van der Waals surface area contributed by atoms with E-state index in [2.05, 4.69) is 6.92 Å². The van der Waals surface area contributed by atoms with Crippen molar-refractivity contribution in [2.24, 2.45) is 0 Å². The lowest BCUT2D eigenvalue weighted by molar-refractivity contribution is -0.253. The first-order valence-electron chi connectivity index (χ1n) is 30.9. The molecule has 3 aromatic carbocycles. The number of aliphatic hydroxyl groups is 8. The Bertz CT molecular complexity index is 2290. The lowest BCUT2D eigenvalue weighted by Gasteiger charge is -2.37. The van der Waals surface area contributed by atoms with Crippen molar-refractivity contribution in [2.45, 2.75) is 281 Å². The molecule has 2 aliphatic heterocycles. The second kappa shape index (κ2) is 44.5. The van der Waals surface area contributed by atoms with E-state index < -0.39 is 59.3 Å². The average molecular weight is 1240 g/mol. The maximum atomic E-state index is 10.9. The molecule has 12 N–H and O–H groups in total. The molecule has 0 radical (unpaired) electrons. The fourth-order valence-electron chi connectivity index (χ4n) is 9.34. The van der Waals surface area contributed by atoms with E-state index in [0.717, 1.165) is 57.8 Å². The van der Waals surface area contributed by atoms with Crippen LogP contribution in [0.25, 0.3) is 0 Å². The molecule has 14 unspecified atom stereocenters. The number of hydrogen-bond donors (Lipinski definition) is 12. The zero-order chi connectivity index (χ0) is 64.8. The summed E-state index contributed by atoms with van der Waals surface area (Å²) >= 11 is 0. The number of carbonyl (C=O) groups excluding carboxylic acids is 1. The third kappa shape index (κ3) is 38.5. The van der Waals surface area contributed by atoms with Crippen LogP contribution in [0.5, 0.6) is 17.2 Å². The van der Waals surface area contributed by atoms with Gasteiger partial charge in [-0.3, -0.25) is 9.35 Å². The van der Waals surface area contributed by atoms with Crippen LogP contribution in [0.3, 0.4) is 0 Å². The van der Waals surface area contributed by atoms with Gasteiger partial charge in [0, 0.05) is 31.1 Å². The molecule has 0 amide bonds. The molecule has 0 saturated carbocycles. The SMILES string of the molecule is CCC(O)CCCC(O)CC(O)CCCC(O)CC(O)CC(O)CC.CCC(O)CCCC1CC(CCCC(O)CC2CC(CC)OC(c3ccccc3O)O2)OC(c2ccccc2O)O1.COC(C)(C)C.CS(=O)(=O)O.O=Cc1ccccc1O. The van der Waals surface area contributed by atoms with E-state index in [-0.39, 0.29) is 72.3 Å². The zero-order valence-electron chi connectivity index (χ0n) is 52.7. The van der Waals surface area contributed by atoms with Crippen LogP contribution in [0.2, 0.25) is 0 Å². The van der Waals surface area contributed by atoms with Gasteiger partial charge in [-0.25, -0.2) is 0 Å². The largest absolute Gasteiger partial charge is 0.507 e. The van der Waals surface area contributed by atoms with Crippen LogP contribution in [-0.4, -0.2) is 168 Å². The molecule has 0 aromatic heterocycles. The standard InChI is InChI=1S/C33H48O8.C19H40O6.C7H6O2.C5H12O.CH4O3S/c1-3-22(34)11-9-13-25-21-26(40-33(39-25)29-16-6-8-18-31(29)37)14-10-12-23(35)19-27-20-24(4-2)38-32(41-27)28-15-5-7-17-30(28)36;1-3-14(20)7-5-8-16(22)12-17(23)9-6-10-18(24)13-19(25)11-15(21)4-2;8-5-6-3-1-2-4-7(6)9;1-5(2,3)6-4;1-5(2,3)4/h5-8,15-18,22-27,32-37H,3-4,9-14,19-21H2,1-2H3;14-25H,3-13H2,1-2H3;1-5,9H;1-4H3;1H3,(H,2,3,4). The van der Waals surface area contributed by atoms with Crippen molar-refractivity contribution in [1.29, 1.82) is 0 Å². The van der Waals surface area contributed by atoms with Crippen LogP contribution in [0.15, 0.2) is 72.8 Å². The fraction of sp³-hybridized carbons (Fsp3) is 0.708. The van der Waals surface area contributed by atoms with E-state index in [0.29, 0.717) is 99.9 Å². The van der Waals surface area contributed by atoms with Gasteiger partial charge in [-0.1, -0.05) is 76.2 Å². The summed E-state index contributed by atoms with van der Waals surface area (Å²) in [6, 6.07) is 20.6. The first kappa shape index (κ1) is 80.1. The zero-order valence-corrected chi connectivity index (χ0v) is 53.5. The van der Waals surface area contributed by atoms with Crippen molar-refractivity contribution in [2.75, 3.05) is 13.4 Å². The maximum Gasteiger partial charge on any atom is 0.261 e. The van der Waals surface area contributed by atoms with E-state index in [1.165, 1.54) is 6.07 Å². The molecule has 3 aromatic rings. The number of ether oxygens (including phenoxy) is 5. The summed E-state index contributed by atoms with van der Waals surface area (Å²) in [7, 11) is -1.96. The van der Waals surface area contributed by atoms with Crippen LogP contribution in [0.1, 0.15) is 224 Å². The van der Waals surface area contributed by atoms with E-state index in [1.807, 2.05) is 59.7 Å². The van der Waals surface area contributed by atoms with Gasteiger partial charge in [-0.2, -0.15) is 8.42 Å². The number of aromatic hydroxyl groups is 3. The van der Waals surface area contributed by atoms with E-state index in [9.17, 15) is 64.3 Å². The summed E-state index contributed by atoms with van der Waals surface area (Å²) in [4.78, 5) is 10.1. The number of methoxy groups -OCH3 is 1. The minimum absolute atomic E-state index is 0.00269. The molecule has 0 bridgehead atoms. The molecule has 0 aliphatic carbocycles. The second-order valence-corrected chi connectivity index (χ2v) is 25.0. The van der Waals surface area contributed by atoms with Crippen LogP contribution >= 0.6 is 0 Å². The second-order valence-electron chi connectivity index (χ2n) is 23.5. The number of hydrogen-bond acceptors (Lipinski definition) is 19. The number of aldehydes is 1. The van der Waals surface area contributed by atoms with E-state index in [4.69, 9.17) is 33.3 Å². The molecule has 496 valence electrons. The van der Waals surface area contributed by atoms with Crippen molar-refractivity contribution in [1.82, 2.24) is 0 Å². The van der Waals surface area contributed by atoms with Crippen LogP contribution < -0.4 is 0 Å². The molecule has 2 heterocycles. The molecule has 2 aliphatic rings. The summed E-state index contributed by atoms with van der Waals surface area (Å²) in [5, 5.41) is 109. The highest BCUT2D eigenvalue weighted by molar-refractivity contribution is 7.85. The van der Waals surface area contributed by atoms with Gasteiger partial charge < -0.3 is 79.9 Å². The summed E-state index contributed by atoms with van der Waals surface area (Å²) in [5.74, 6) is 0.331. The number of phenols is 3. The smallest absolute Gasteiger partial charge is 0.261 e. The fourth-order valence-corrected chi connectivity index (χ4v) is 9.34. The quantitative estimate of drug-likeness (QED) is 0.0210. The first-order chi connectivity index (χ1) is 40.5. The average Bonchev–Trinajstić information content (AvgIpc) is 3.20. The number of carbonyl (C=O) groups is 1. The van der Waals surface area contributed by atoms with Gasteiger partial charge in [0.1, 0.15) is 17.2 Å². The first-order valence-corrected chi connectivity index (χ1v) is 32.7. The molecule has 20 nitrogen and oxygen atoms in total. The third-order valence-electron chi connectivity index (χ3n) is 14.7. The van der Waals surface area contributed by atoms with Crippen LogP contribution in [0.4, 0.5) is 0 Å². The predicted octanol–water partition coefficient (Wildman–Crippen LogP) is 10.0. The van der Waals surface area contributed by atoms with Crippen molar-refractivity contribution in [3.8, 4) is 17.2 Å². The van der Waals surface area contributed by atoms with Crippen molar-refractivity contribution in [3.63, 3.8) is 0 Å². The van der Waals surface area contributed by atoms with Gasteiger partial charge in [0.15, 0.2) is 18.9 Å². The maximum absolute atomic E-state index is 10.9. The lowest BCUT2D eigenvalue weighted by Crippen LogP contribution is -2.36. The van der Waals surface area contributed by atoms with E-state index in [1.54, 1.807) is 55.6 Å². The van der Waals surface area contributed by atoms with Crippen molar-refractivity contribution in [3.05, 3.63) is 89.5 Å². The third-order valence-corrected chi connectivity index (χ3v) is 14.7. The molecular formula is C65H110O20S. The molecule has 5 rings (SSSR count). The van der Waals surface area contributed by atoms with Crippen molar-refractivity contribution >= 4 is 16.4 Å². The molecule has 2 fully saturated rings. The van der Waals surface area contributed by atoms with E-state index >= 15 is 0 Å². The Balaban J connectivity index is 0.000000688. The Morgan fingerprint density at radius 1 is 0.512 bits per heavy atom. The highest BCUT2D eigenvalue weighted by atomic mass is 32.2. The van der Waals surface area contributed by atoms with Gasteiger partial charge in [0.2, 0.25) is 0 Å². The van der Waals surface area contributed by atoms with Gasteiger partial charge >= 0.3 is 0 Å².